The topological polar surface area (TPSA) is 86.7 Å². The zero-order valence-corrected chi connectivity index (χ0v) is 14.8. The van der Waals surface area contributed by atoms with Crippen molar-refractivity contribution in [2.75, 3.05) is 0 Å². The van der Waals surface area contributed by atoms with Gasteiger partial charge >= 0.3 is 5.97 Å². The highest BCUT2D eigenvalue weighted by Crippen LogP contribution is 2.12. The van der Waals surface area contributed by atoms with Crippen LogP contribution in [0.25, 0.3) is 0 Å². The summed E-state index contributed by atoms with van der Waals surface area (Å²) in [6.45, 7) is 3.17. The molecule has 7 heteroatoms. The average Bonchev–Trinajstić information content (AvgIpc) is 3.14. The lowest BCUT2D eigenvalue weighted by molar-refractivity contribution is -0.150. The average molecular weight is 360 g/mol. The molecule has 2 amide bonds. The molecule has 0 fully saturated rings. The molecule has 0 saturated carbocycles. The first-order valence-corrected chi connectivity index (χ1v) is 8.69. The molecule has 2 rings (SSSR count). The maximum atomic E-state index is 12.7. The maximum Gasteiger partial charge on any atom is 0.326 e. The minimum Gasteiger partial charge on any atom is -0.480 e. The van der Waals surface area contributed by atoms with Gasteiger partial charge in [0.1, 0.15) is 12.1 Å². The molecule has 0 bridgehead atoms. The highest BCUT2D eigenvalue weighted by Gasteiger charge is 2.30. The number of carboxylic acid groups (broad SMARTS) is 1. The molecule has 0 aliphatic rings. The highest BCUT2D eigenvalue weighted by atomic mass is 32.1. The van der Waals surface area contributed by atoms with E-state index in [0.717, 1.165) is 5.56 Å². The molecule has 2 N–H and O–H groups in total. The van der Waals surface area contributed by atoms with Crippen molar-refractivity contribution in [1.82, 2.24) is 10.2 Å². The van der Waals surface area contributed by atoms with Crippen molar-refractivity contribution in [2.45, 2.75) is 32.5 Å². The van der Waals surface area contributed by atoms with Crippen LogP contribution in [0, 0.1) is 0 Å². The highest BCUT2D eigenvalue weighted by molar-refractivity contribution is 7.12. The minimum atomic E-state index is -1.10. The molecular weight excluding hydrogens is 340 g/mol. The first kappa shape index (κ1) is 18.7. The van der Waals surface area contributed by atoms with Gasteiger partial charge in [0.15, 0.2) is 0 Å². The van der Waals surface area contributed by atoms with E-state index in [1.807, 2.05) is 30.3 Å². The molecule has 2 aromatic rings. The Morgan fingerprint density at radius 3 is 2.36 bits per heavy atom. The van der Waals surface area contributed by atoms with Crippen LogP contribution in [0.4, 0.5) is 0 Å². The van der Waals surface area contributed by atoms with Gasteiger partial charge in [0.25, 0.3) is 5.91 Å². The van der Waals surface area contributed by atoms with Gasteiger partial charge in [-0.1, -0.05) is 36.4 Å². The van der Waals surface area contributed by atoms with E-state index in [0.29, 0.717) is 4.88 Å². The Labute approximate surface area is 150 Å². The van der Waals surface area contributed by atoms with Gasteiger partial charge in [0.2, 0.25) is 5.91 Å². The Kier molecular flexibility index (Phi) is 6.30. The van der Waals surface area contributed by atoms with Crippen LogP contribution in [0.2, 0.25) is 0 Å². The van der Waals surface area contributed by atoms with E-state index < -0.39 is 24.0 Å². The zero-order valence-electron chi connectivity index (χ0n) is 14.0. The summed E-state index contributed by atoms with van der Waals surface area (Å²) in [5, 5.41) is 13.7. The molecule has 2 unspecified atom stereocenters. The number of nitrogens with one attached hydrogen (secondary N) is 1. The fraction of sp³-hybridized carbons (Fsp3) is 0.278. The van der Waals surface area contributed by atoms with Crippen molar-refractivity contribution in [3.8, 4) is 0 Å². The molecule has 132 valence electrons. The molecule has 0 saturated heterocycles. The Hall–Kier alpha value is -2.67. The smallest absolute Gasteiger partial charge is 0.326 e. The summed E-state index contributed by atoms with van der Waals surface area (Å²) in [7, 11) is 0. The molecule has 6 nitrogen and oxygen atoms in total. The third-order valence-corrected chi connectivity index (χ3v) is 4.64. The van der Waals surface area contributed by atoms with Gasteiger partial charge in [-0.25, -0.2) is 4.79 Å². The molecule has 0 spiro atoms. The van der Waals surface area contributed by atoms with Gasteiger partial charge in [0.05, 0.1) is 4.88 Å². The van der Waals surface area contributed by atoms with Gasteiger partial charge in [-0.05, 0) is 30.9 Å². The Bertz CT molecular complexity index is 731. The summed E-state index contributed by atoms with van der Waals surface area (Å²) < 4.78 is 0. The van der Waals surface area contributed by atoms with E-state index in [-0.39, 0.29) is 12.5 Å². The zero-order chi connectivity index (χ0) is 18.4. The predicted octanol–water partition coefficient (Wildman–Crippen LogP) is 2.37. The van der Waals surface area contributed by atoms with Gasteiger partial charge in [-0.3, -0.25) is 9.59 Å². The van der Waals surface area contributed by atoms with Crippen molar-refractivity contribution >= 4 is 29.1 Å². The van der Waals surface area contributed by atoms with Crippen LogP contribution < -0.4 is 5.32 Å². The lowest BCUT2D eigenvalue weighted by Gasteiger charge is -2.29. The van der Waals surface area contributed by atoms with Crippen molar-refractivity contribution in [3.05, 3.63) is 58.3 Å². The van der Waals surface area contributed by atoms with Crippen LogP contribution in [-0.2, 0) is 16.1 Å². The van der Waals surface area contributed by atoms with E-state index in [9.17, 15) is 19.5 Å². The first-order chi connectivity index (χ1) is 11.9. The van der Waals surface area contributed by atoms with E-state index in [4.69, 9.17) is 0 Å². The van der Waals surface area contributed by atoms with E-state index in [1.54, 1.807) is 24.4 Å². The second-order valence-electron chi connectivity index (χ2n) is 5.64. The third-order valence-electron chi connectivity index (χ3n) is 3.77. The molecule has 1 aromatic carbocycles. The van der Waals surface area contributed by atoms with Crippen molar-refractivity contribution < 1.29 is 19.5 Å². The van der Waals surface area contributed by atoms with Gasteiger partial charge in [0, 0.05) is 6.54 Å². The summed E-state index contributed by atoms with van der Waals surface area (Å²) in [6, 6.07) is 10.7. The fourth-order valence-electron chi connectivity index (χ4n) is 2.31. The molecule has 1 heterocycles. The normalized spacial score (nSPS) is 12.9. The lowest BCUT2D eigenvalue weighted by Crippen LogP contribution is -2.51. The van der Waals surface area contributed by atoms with Crippen LogP contribution in [0.15, 0.2) is 47.8 Å². The monoisotopic (exact) mass is 360 g/mol. The summed E-state index contributed by atoms with van der Waals surface area (Å²) in [5.74, 6) is -1.89. The van der Waals surface area contributed by atoms with E-state index >= 15 is 0 Å². The standard InChI is InChI=1S/C18H20N2O4S/c1-12(19-16(21)15-9-6-10-25-15)17(22)20(13(2)18(23)24)11-14-7-4-3-5-8-14/h3-10,12-13H,11H2,1-2H3,(H,19,21)(H,23,24). The van der Waals surface area contributed by atoms with Crippen molar-refractivity contribution in [3.63, 3.8) is 0 Å². The van der Waals surface area contributed by atoms with Crippen LogP contribution in [-0.4, -0.2) is 39.9 Å². The Morgan fingerprint density at radius 1 is 1.12 bits per heavy atom. The van der Waals surface area contributed by atoms with Crippen LogP contribution >= 0.6 is 11.3 Å². The summed E-state index contributed by atoms with van der Waals surface area (Å²) in [5.41, 5.74) is 0.820. The van der Waals surface area contributed by atoms with Crippen molar-refractivity contribution in [2.24, 2.45) is 0 Å². The number of hydrogen-bond acceptors (Lipinski definition) is 4. The first-order valence-electron chi connectivity index (χ1n) is 7.81. The summed E-state index contributed by atoms with van der Waals surface area (Å²) >= 11 is 1.28. The number of carbonyl (C=O) groups is 3. The molecule has 0 aliphatic carbocycles. The second kappa shape index (κ2) is 8.43. The largest absolute Gasteiger partial charge is 0.480 e. The Balaban J connectivity index is 2.13. The molecule has 1 aromatic heterocycles. The second-order valence-corrected chi connectivity index (χ2v) is 6.59. The molecular formula is C18H20N2O4S. The number of amides is 2. The van der Waals surface area contributed by atoms with Gasteiger partial charge in [-0.15, -0.1) is 11.3 Å². The number of carboxylic acids is 1. The van der Waals surface area contributed by atoms with Gasteiger partial charge in [-0.2, -0.15) is 0 Å². The van der Waals surface area contributed by atoms with Crippen molar-refractivity contribution in [1.29, 1.82) is 0 Å². The van der Waals surface area contributed by atoms with Crippen LogP contribution in [0.1, 0.15) is 29.1 Å². The number of thiophene rings is 1. The summed E-state index contributed by atoms with van der Waals surface area (Å²) in [6.07, 6.45) is 0. The summed E-state index contributed by atoms with van der Waals surface area (Å²) in [4.78, 5) is 38.0. The number of carbonyl (C=O) groups excluding carboxylic acids is 2. The number of nitrogens with zero attached hydrogens (tertiary/aromatic N) is 1. The Morgan fingerprint density at radius 2 is 1.80 bits per heavy atom. The minimum absolute atomic E-state index is 0.159. The molecule has 0 radical (unpaired) electrons. The number of rotatable bonds is 7. The molecule has 0 aliphatic heterocycles. The van der Waals surface area contributed by atoms with Crippen LogP contribution in [0.5, 0.6) is 0 Å². The van der Waals surface area contributed by atoms with E-state index in [1.165, 1.54) is 23.2 Å². The molecule has 2 atom stereocenters. The number of aliphatic carboxylic acids is 1. The fourth-order valence-corrected chi connectivity index (χ4v) is 2.93. The van der Waals surface area contributed by atoms with Gasteiger partial charge < -0.3 is 15.3 Å². The predicted molar refractivity (Wildman–Crippen MR) is 95.3 cm³/mol. The quantitative estimate of drug-likeness (QED) is 0.794. The maximum absolute atomic E-state index is 12.7. The van der Waals surface area contributed by atoms with E-state index in [2.05, 4.69) is 5.32 Å². The SMILES string of the molecule is CC(NC(=O)c1cccs1)C(=O)N(Cc1ccccc1)C(C)C(=O)O. The third kappa shape index (κ3) is 4.90. The number of hydrogen-bond donors (Lipinski definition) is 2. The van der Waals surface area contributed by atoms with Crippen LogP contribution in [0.3, 0.4) is 0 Å². The lowest BCUT2D eigenvalue weighted by atomic mass is 10.1. The number of benzene rings is 1. The molecule has 25 heavy (non-hydrogen) atoms.